The lowest BCUT2D eigenvalue weighted by atomic mass is 9.95. The third-order valence-corrected chi connectivity index (χ3v) is 4.17. The van der Waals surface area contributed by atoms with E-state index in [0.717, 1.165) is 12.4 Å². The van der Waals surface area contributed by atoms with Crippen LogP contribution < -0.4 is 4.90 Å². The summed E-state index contributed by atoms with van der Waals surface area (Å²) in [5, 5.41) is 9.53. The molecule has 0 aromatic carbocycles. The summed E-state index contributed by atoms with van der Waals surface area (Å²) in [7, 11) is 0. The fourth-order valence-corrected chi connectivity index (χ4v) is 2.91. The van der Waals surface area contributed by atoms with E-state index in [-0.39, 0.29) is 6.61 Å². The molecule has 3 rings (SSSR count). The van der Waals surface area contributed by atoms with E-state index < -0.39 is 17.3 Å². The molecule has 7 nitrogen and oxygen atoms in total. The van der Waals surface area contributed by atoms with E-state index in [1.807, 2.05) is 9.80 Å². The quantitative estimate of drug-likeness (QED) is 0.840. The number of aliphatic carboxylic acids is 1. The number of halogens is 1. The summed E-state index contributed by atoms with van der Waals surface area (Å²) in [6.07, 6.45) is 2.78. The summed E-state index contributed by atoms with van der Waals surface area (Å²) in [6, 6.07) is 0. The smallest absolute Gasteiger partial charge is 0.326 e. The molecular weight excluding hydrogens is 279 g/mol. The van der Waals surface area contributed by atoms with Crippen LogP contribution in [0.15, 0.2) is 12.4 Å². The van der Waals surface area contributed by atoms with Crippen LogP contribution in [0.25, 0.3) is 0 Å². The highest BCUT2D eigenvalue weighted by Crippen LogP contribution is 2.28. The number of aromatic nitrogens is 2. The fraction of sp³-hybridized carbons (Fsp3) is 0.615. The van der Waals surface area contributed by atoms with Gasteiger partial charge >= 0.3 is 5.97 Å². The van der Waals surface area contributed by atoms with Gasteiger partial charge in [-0.05, 0) is 0 Å². The van der Waals surface area contributed by atoms with Crippen molar-refractivity contribution in [1.29, 1.82) is 0 Å². The minimum Gasteiger partial charge on any atom is -0.480 e. The Hall–Kier alpha value is -1.80. The maximum absolute atomic E-state index is 12.8. The summed E-state index contributed by atoms with van der Waals surface area (Å²) < 4.78 is 18.1. The molecule has 0 bridgehead atoms. The van der Waals surface area contributed by atoms with Gasteiger partial charge in [-0.3, -0.25) is 9.69 Å². The van der Waals surface area contributed by atoms with Crippen LogP contribution in [0.3, 0.4) is 0 Å². The van der Waals surface area contributed by atoms with E-state index in [1.54, 1.807) is 0 Å². The van der Waals surface area contributed by atoms with Crippen LogP contribution in [-0.4, -0.2) is 70.9 Å². The maximum atomic E-state index is 12.8. The Labute approximate surface area is 121 Å². The number of ether oxygens (including phenoxy) is 1. The zero-order valence-corrected chi connectivity index (χ0v) is 11.5. The van der Waals surface area contributed by atoms with Crippen LogP contribution in [0.1, 0.15) is 6.42 Å². The lowest BCUT2D eigenvalue weighted by Crippen LogP contribution is -2.61. The van der Waals surface area contributed by atoms with Crippen LogP contribution >= 0.6 is 0 Å². The predicted octanol–water partition coefficient (Wildman–Crippen LogP) is -0.0186. The number of carboxylic acid groups (broad SMARTS) is 1. The normalized spacial score (nSPS) is 27.0. The molecule has 2 aliphatic heterocycles. The third-order valence-electron chi connectivity index (χ3n) is 4.17. The van der Waals surface area contributed by atoms with Gasteiger partial charge in [-0.2, -0.15) is 0 Å². The van der Waals surface area contributed by atoms with Gasteiger partial charge < -0.3 is 14.7 Å². The zero-order valence-electron chi connectivity index (χ0n) is 11.5. The molecule has 2 saturated heterocycles. The van der Waals surface area contributed by atoms with Crippen molar-refractivity contribution >= 4 is 11.9 Å². The highest BCUT2D eigenvalue weighted by molar-refractivity contribution is 5.79. The molecular formula is C13H17FN4O3. The first-order valence-electron chi connectivity index (χ1n) is 6.90. The number of rotatable bonds is 3. The Morgan fingerprint density at radius 1 is 1.29 bits per heavy atom. The Morgan fingerprint density at radius 2 is 1.95 bits per heavy atom. The highest BCUT2D eigenvalue weighted by Gasteiger charge is 2.48. The molecule has 0 saturated carbocycles. The minimum absolute atomic E-state index is 0.232. The van der Waals surface area contributed by atoms with Crippen LogP contribution in [0.5, 0.6) is 0 Å². The standard InChI is InChI=1S/C13H17FN4O3/c14-10-7-15-12(16-8-10)17-2-4-18(5-3-17)13(11(19)20)1-6-21-9-13/h7-8H,1-6,9H2,(H,19,20). The summed E-state index contributed by atoms with van der Waals surface area (Å²) >= 11 is 0. The van der Waals surface area contributed by atoms with Crippen LogP contribution in [0.4, 0.5) is 10.3 Å². The van der Waals surface area contributed by atoms with E-state index in [2.05, 4.69) is 9.97 Å². The van der Waals surface area contributed by atoms with Gasteiger partial charge in [-0.15, -0.1) is 0 Å². The summed E-state index contributed by atoms with van der Waals surface area (Å²) in [4.78, 5) is 23.4. The first-order chi connectivity index (χ1) is 10.1. The van der Waals surface area contributed by atoms with E-state index in [9.17, 15) is 14.3 Å². The van der Waals surface area contributed by atoms with Crippen molar-refractivity contribution in [2.75, 3.05) is 44.3 Å². The molecule has 2 fully saturated rings. The Kier molecular flexibility index (Phi) is 3.73. The second kappa shape index (κ2) is 5.53. The van der Waals surface area contributed by atoms with Crippen molar-refractivity contribution in [3.63, 3.8) is 0 Å². The van der Waals surface area contributed by atoms with Crippen molar-refractivity contribution in [3.8, 4) is 0 Å². The number of carbonyl (C=O) groups is 1. The maximum Gasteiger partial charge on any atom is 0.326 e. The molecule has 3 heterocycles. The van der Waals surface area contributed by atoms with Gasteiger partial charge in [0.25, 0.3) is 0 Å². The highest BCUT2D eigenvalue weighted by atomic mass is 19.1. The van der Waals surface area contributed by atoms with Crippen molar-refractivity contribution in [1.82, 2.24) is 14.9 Å². The Bertz CT molecular complexity index is 511. The number of hydrogen-bond acceptors (Lipinski definition) is 6. The van der Waals surface area contributed by atoms with Gasteiger partial charge in [0.05, 0.1) is 19.0 Å². The SMILES string of the molecule is O=C(O)C1(N2CCN(c3ncc(F)cn3)CC2)CCOC1. The van der Waals surface area contributed by atoms with Gasteiger partial charge in [0.1, 0.15) is 5.54 Å². The molecule has 1 atom stereocenters. The first-order valence-corrected chi connectivity index (χ1v) is 6.90. The average molecular weight is 296 g/mol. The fourth-order valence-electron chi connectivity index (χ4n) is 2.91. The second-order valence-electron chi connectivity index (χ2n) is 5.31. The number of anilines is 1. The molecule has 1 aromatic heterocycles. The van der Waals surface area contributed by atoms with Gasteiger partial charge in [-0.1, -0.05) is 0 Å². The molecule has 1 unspecified atom stereocenters. The average Bonchev–Trinajstić information content (AvgIpc) is 2.99. The third kappa shape index (κ3) is 2.56. The van der Waals surface area contributed by atoms with Gasteiger partial charge in [0.2, 0.25) is 5.95 Å². The van der Waals surface area contributed by atoms with Crippen LogP contribution in [0, 0.1) is 5.82 Å². The number of nitrogens with zero attached hydrogens (tertiary/aromatic N) is 4. The molecule has 114 valence electrons. The van der Waals surface area contributed by atoms with Gasteiger partial charge in [-0.25, -0.2) is 14.4 Å². The molecule has 0 aliphatic carbocycles. The summed E-state index contributed by atoms with van der Waals surface area (Å²) in [5.74, 6) is -0.820. The summed E-state index contributed by atoms with van der Waals surface area (Å²) in [5.41, 5.74) is -0.907. The molecule has 1 aromatic rings. The molecule has 21 heavy (non-hydrogen) atoms. The number of hydrogen-bond donors (Lipinski definition) is 1. The molecule has 0 amide bonds. The lowest BCUT2D eigenvalue weighted by Gasteiger charge is -2.42. The number of piperazine rings is 1. The Balaban J connectivity index is 1.67. The second-order valence-corrected chi connectivity index (χ2v) is 5.31. The summed E-state index contributed by atoms with van der Waals surface area (Å²) in [6.45, 7) is 3.12. The van der Waals surface area contributed by atoms with Crippen molar-refractivity contribution in [3.05, 3.63) is 18.2 Å². The van der Waals surface area contributed by atoms with Crippen molar-refractivity contribution < 1.29 is 19.0 Å². The Morgan fingerprint density at radius 3 is 2.48 bits per heavy atom. The zero-order chi connectivity index (χ0) is 14.9. The molecule has 0 radical (unpaired) electrons. The van der Waals surface area contributed by atoms with E-state index in [1.165, 1.54) is 0 Å². The van der Waals surface area contributed by atoms with E-state index in [0.29, 0.717) is 45.2 Å². The minimum atomic E-state index is -0.907. The largest absolute Gasteiger partial charge is 0.480 e. The van der Waals surface area contributed by atoms with Crippen LogP contribution in [0.2, 0.25) is 0 Å². The van der Waals surface area contributed by atoms with E-state index in [4.69, 9.17) is 4.74 Å². The number of carboxylic acids is 1. The predicted molar refractivity (Wildman–Crippen MR) is 71.6 cm³/mol. The van der Waals surface area contributed by atoms with Crippen LogP contribution in [-0.2, 0) is 9.53 Å². The molecule has 0 spiro atoms. The first kappa shape index (κ1) is 14.2. The lowest BCUT2D eigenvalue weighted by molar-refractivity contribution is -0.152. The topological polar surface area (TPSA) is 78.8 Å². The van der Waals surface area contributed by atoms with Crippen molar-refractivity contribution in [2.45, 2.75) is 12.0 Å². The monoisotopic (exact) mass is 296 g/mol. The van der Waals surface area contributed by atoms with Gasteiger partial charge in [0.15, 0.2) is 5.82 Å². The molecule has 1 N–H and O–H groups in total. The van der Waals surface area contributed by atoms with Gasteiger partial charge in [0, 0.05) is 39.2 Å². The van der Waals surface area contributed by atoms with Crippen molar-refractivity contribution in [2.24, 2.45) is 0 Å². The molecule has 2 aliphatic rings. The van der Waals surface area contributed by atoms with E-state index >= 15 is 0 Å². The molecule has 8 heteroatoms.